The van der Waals surface area contributed by atoms with Crippen LogP contribution >= 0.6 is 50.7 Å². The molecule has 0 fully saturated rings. The van der Waals surface area contributed by atoms with Crippen LogP contribution in [0.25, 0.3) is 5.69 Å². The van der Waals surface area contributed by atoms with Gasteiger partial charge < -0.3 is 0 Å². The van der Waals surface area contributed by atoms with Crippen molar-refractivity contribution in [1.29, 1.82) is 5.26 Å². The minimum Gasteiger partial charge on any atom is -0.247 e. The second-order valence-corrected chi connectivity index (χ2v) is 8.22. The summed E-state index contributed by atoms with van der Waals surface area (Å²) in [6.07, 6.45) is -4.74. The van der Waals surface area contributed by atoms with Gasteiger partial charge in [0.1, 0.15) is 32.1 Å². The Morgan fingerprint density at radius 1 is 1.19 bits per heavy atom. The zero-order valence-corrected chi connectivity index (χ0v) is 16.4. The maximum atomic E-state index is 13.2. The summed E-state index contributed by atoms with van der Waals surface area (Å²) in [5, 5.41) is 11.6. The summed E-state index contributed by atoms with van der Waals surface area (Å²) in [6, 6.07) is 2.52. The van der Waals surface area contributed by atoms with Crippen molar-refractivity contribution in [2.45, 2.75) is 15.8 Å². The van der Waals surface area contributed by atoms with Crippen LogP contribution in [0.3, 0.4) is 0 Å². The van der Waals surface area contributed by atoms with Gasteiger partial charge in [-0.25, -0.2) is 8.89 Å². The summed E-state index contributed by atoms with van der Waals surface area (Å²) in [4.78, 5) is -0.764. The molecule has 14 heteroatoms. The Kier molecular flexibility index (Phi) is 5.95. The second kappa shape index (κ2) is 7.24. The summed E-state index contributed by atoms with van der Waals surface area (Å²) in [5.74, 6) is 0. The Hall–Kier alpha value is -0.930. The Balaban J connectivity index is 2.75. The van der Waals surface area contributed by atoms with Crippen LogP contribution < -0.4 is 0 Å². The molecule has 4 nitrogen and oxygen atoms in total. The van der Waals surface area contributed by atoms with Crippen molar-refractivity contribution in [2.75, 3.05) is 0 Å². The predicted molar refractivity (Wildman–Crippen MR) is 88.2 cm³/mol. The maximum Gasteiger partial charge on any atom is 0.416 e. The van der Waals surface area contributed by atoms with Crippen LogP contribution in [0.2, 0.25) is 10.0 Å². The maximum absolute atomic E-state index is 13.2. The Labute approximate surface area is 168 Å². The Morgan fingerprint density at radius 2 is 1.69 bits per heavy atom. The molecular formula is C12H2BrCl3F5N3OS. The molecular weight excluding hydrogens is 515 g/mol. The highest BCUT2D eigenvalue weighted by atomic mass is 79.9. The standard InChI is InChI=1S/C12H2BrCl3F5N3OS/c13-10-9(26(25)12(16,20)21)7(3-22)23-24(10)8-5(14)1-4(2-6(8)15)11(17,18)19/h1-2H. The highest BCUT2D eigenvalue weighted by Gasteiger charge is 2.40. The van der Waals surface area contributed by atoms with Gasteiger partial charge in [0.25, 0.3) is 0 Å². The molecule has 0 saturated carbocycles. The predicted octanol–water partition coefficient (Wildman–Crippen LogP) is 5.73. The van der Waals surface area contributed by atoms with E-state index in [9.17, 15) is 26.2 Å². The lowest BCUT2D eigenvalue weighted by molar-refractivity contribution is -0.137. The van der Waals surface area contributed by atoms with Gasteiger partial charge in [0, 0.05) is 0 Å². The lowest BCUT2D eigenvalue weighted by Gasteiger charge is -2.13. The molecule has 0 aliphatic rings. The third kappa shape index (κ3) is 3.99. The number of nitrogens with zero attached hydrogens (tertiary/aromatic N) is 3. The Bertz CT molecular complexity index is 928. The van der Waals surface area contributed by atoms with E-state index in [2.05, 4.69) is 21.0 Å². The molecule has 0 aliphatic heterocycles. The average Bonchev–Trinajstić information content (AvgIpc) is 2.80. The number of alkyl halides is 6. The van der Waals surface area contributed by atoms with Crippen LogP contribution in [0.15, 0.2) is 21.6 Å². The molecule has 0 spiro atoms. The van der Waals surface area contributed by atoms with Crippen LogP contribution in [0.4, 0.5) is 22.0 Å². The molecule has 0 bridgehead atoms. The molecule has 0 aliphatic carbocycles. The third-order valence-electron chi connectivity index (χ3n) is 2.85. The van der Waals surface area contributed by atoms with Crippen molar-refractivity contribution < 1.29 is 26.2 Å². The van der Waals surface area contributed by atoms with E-state index in [0.717, 1.165) is 0 Å². The van der Waals surface area contributed by atoms with E-state index in [1.54, 1.807) is 0 Å². The molecule has 1 aromatic heterocycles. The van der Waals surface area contributed by atoms with Crippen LogP contribution in [-0.2, 0) is 17.0 Å². The van der Waals surface area contributed by atoms with Crippen molar-refractivity contribution in [1.82, 2.24) is 9.78 Å². The lowest BCUT2D eigenvalue weighted by Crippen LogP contribution is -2.15. The first kappa shape index (κ1) is 21.4. The summed E-state index contributed by atoms with van der Waals surface area (Å²) in [7, 11) is -3.20. The van der Waals surface area contributed by atoms with E-state index in [-0.39, 0.29) is 5.69 Å². The summed E-state index contributed by atoms with van der Waals surface area (Å²) in [6.45, 7) is 0. The highest BCUT2D eigenvalue weighted by molar-refractivity contribution is 9.10. The molecule has 0 amide bonds. The molecule has 1 unspecified atom stereocenters. The van der Waals surface area contributed by atoms with Crippen molar-refractivity contribution in [3.05, 3.63) is 38.0 Å². The zero-order valence-electron chi connectivity index (χ0n) is 11.7. The first-order valence-electron chi connectivity index (χ1n) is 6.02. The number of aromatic nitrogens is 2. The lowest BCUT2D eigenvalue weighted by atomic mass is 10.2. The summed E-state index contributed by atoms with van der Waals surface area (Å²) < 4.78 is 72.6. The number of rotatable bonds is 3. The first-order chi connectivity index (χ1) is 11.8. The van der Waals surface area contributed by atoms with Crippen molar-refractivity contribution in [3.8, 4) is 11.8 Å². The monoisotopic (exact) mass is 515 g/mol. The topological polar surface area (TPSA) is 58.7 Å². The first-order valence-corrected chi connectivity index (χ1v) is 9.10. The van der Waals surface area contributed by atoms with E-state index in [0.29, 0.717) is 16.8 Å². The number of nitriles is 1. The number of hydrogen-bond acceptors (Lipinski definition) is 3. The molecule has 0 radical (unpaired) electrons. The molecule has 0 saturated heterocycles. The fourth-order valence-corrected chi connectivity index (χ4v) is 4.31. The van der Waals surface area contributed by atoms with Gasteiger partial charge in [-0.3, -0.25) is 0 Å². The fourth-order valence-electron chi connectivity index (χ4n) is 1.82. The van der Waals surface area contributed by atoms with Crippen LogP contribution in [0.1, 0.15) is 11.3 Å². The summed E-state index contributed by atoms with van der Waals surface area (Å²) >= 11 is 19.2. The Morgan fingerprint density at radius 3 is 2.08 bits per heavy atom. The molecule has 1 heterocycles. The van der Waals surface area contributed by atoms with E-state index in [1.807, 2.05) is 0 Å². The molecule has 2 rings (SSSR count). The fraction of sp³-hybridized carbons (Fsp3) is 0.167. The molecule has 0 N–H and O–H groups in total. The van der Waals surface area contributed by atoms with Crippen LogP contribution in [0, 0.1) is 11.3 Å². The molecule has 2 aromatic rings. The minimum absolute atomic E-state index is 0.342. The van der Waals surface area contributed by atoms with E-state index < -0.39 is 52.5 Å². The number of benzene rings is 1. The van der Waals surface area contributed by atoms with Gasteiger partial charge in [-0.15, -0.1) is 0 Å². The van der Waals surface area contributed by atoms with Gasteiger partial charge in [0.05, 0.1) is 15.6 Å². The SMILES string of the molecule is N#Cc1nn(-c2c(Cl)cc(C(F)(F)F)cc2Cl)c(Br)c1S(=O)C(F)(F)Cl. The van der Waals surface area contributed by atoms with Gasteiger partial charge in [0.2, 0.25) is 0 Å². The van der Waals surface area contributed by atoms with Gasteiger partial charge in [-0.1, -0.05) is 23.2 Å². The van der Waals surface area contributed by atoms with Crippen molar-refractivity contribution >= 4 is 61.5 Å². The minimum atomic E-state index is -4.74. The summed E-state index contributed by atoms with van der Waals surface area (Å²) in [5.41, 5.74) is -2.20. The normalized spacial score (nSPS) is 13.5. The van der Waals surface area contributed by atoms with Crippen molar-refractivity contribution in [3.63, 3.8) is 0 Å². The van der Waals surface area contributed by atoms with Gasteiger partial charge >= 0.3 is 10.9 Å². The van der Waals surface area contributed by atoms with E-state index in [4.69, 9.17) is 40.1 Å². The van der Waals surface area contributed by atoms with Crippen LogP contribution in [-0.4, -0.2) is 18.7 Å². The van der Waals surface area contributed by atoms with E-state index in [1.165, 1.54) is 6.07 Å². The number of halogens is 9. The van der Waals surface area contributed by atoms with Crippen LogP contribution in [0.5, 0.6) is 0 Å². The third-order valence-corrected chi connectivity index (χ3v) is 6.02. The largest absolute Gasteiger partial charge is 0.416 e. The average molecular weight is 517 g/mol. The zero-order chi connectivity index (χ0) is 20.0. The number of hydrogen-bond donors (Lipinski definition) is 0. The van der Waals surface area contributed by atoms with Gasteiger partial charge in [-0.05, 0) is 39.7 Å². The smallest absolute Gasteiger partial charge is 0.247 e. The van der Waals surface area contributed by atoms with Gasteiger partial charge in [-0.2, -0.15) is 32.3 Å². The molecule has 26 heavy (non-hydrogen) atoms. The molecule has 1 aromatic carbocycles. The van der Waals surface area contributed by atoms with Crippen molar-refractivity contribution in [2.24, 2.45) is 0 Å². The van der Waals surface area contributed by atoms with Gasteiger partial charge in [0.15, 0.2) is 5.69 Å². The highest BCUT2D eigenvalue weighted by Crippen LogP contribution is 2.41. The molecule has 140 valence electrons. The molecule has 1 atom stereocenters. The second-order valence-electron chi connectivity index (χ2n) is 4.49. The quantitative estimate of drug-likeness (QED) is 0.386. The van der Waals surface area contributed by atoms with E-state index >= 15 is 0 Å².